The van der Waals surface area contributed by atoms with Crippen molar-refractivity contribution in [2.24, 2.45) is 5.41 Å². The molecular weight excluding hydrogens is 428 g/mol. The first kappa shape index (κ1) is 20.6. The summed E-state index contributed by atoms with van der Waals surface area (Å²) in [6.07, 6.45) is -0.771. The number of aliphatic hydroxyl groups excluding tert-OH is 2. The van der Waals surface area contributed by atoms with Crippen molar-refractivity contribution in [2.75, 3.05) is 12.8 Å². The van der Waals surface area contributed by atoms with Gasteiger partial charge in [0.25, 0.3) is 0 Å². The average molecular weight is 447 g/mol. The molecule has 1 unspecified atom stereocenters. The van der Waals surface area contributed by atoms with Crippen molar-refractivity contribution in [3.05, 3.63) is 33.5 Å². The Morgan fingerprint density at radius 1 is 1.40 bits per heavy atom. The van der Waals surface area contributed by atoms with Gasteiger partial charge in [0.15, 0.2) is 11.5 Å². The van der Waals surface area contributed by atoms with E-state index in [1.807, 2.05) is 0 Å². The molecule has 3 aromatic rings. The predicted molar refractivity (Wildman–Crippen MR) is 113 cm³/mol. The minimum atomic E-state index is -1.25. The highest BCUT2D eigenvalue weighted by molar-refractivity contribution is 7.16. The second-order valence-electron chi connectivity index (χ2n) is 7.31. The van der Waals surface area contributed by atoms with Crippen molar-refractivity contribution in [3.8, 4) is 11.8 Å². The number of thiophene rings is 1. The van der Waals surface area contributed by atoms with E-state index in [4.69, 9.17) is 17.3 Å². The number of imidazole rings is 1. The smallest absolute Gasteiger partial charge is 0.228 e. The summed E-state index contributed by atoms with van der Waals surface area (Å²) in [5.74, 6) is 5.78. The molecule has 1 aliphatic rings. The lowest BCUT2D eigenvalue weighted by atomic mass is 9.85. The molecule has 1 saturated carbocycles. The van der Waals surface area contributed by atoms with E-state index in [2.05, 4.69) is 32.1 Å². The first-order valence-electron chi connectivity index (χ1n) is 9.10. The van der Waals surface area contributed by atoms with Gasteiger partial charge in [0.05, 0.1) is 33.1 Å². The number of aromatic nitrogens is 4. The number of halogens is 1. The Morgan fingerprint density at radius 3 is 2.83 bits per heavy atom. The van der Waals surface area contributed by atoms with Crippen LogP contribution in [0.5, 0.6) is 0 Å². The number of nitrogens with zero attached hydrogens (tertiary/aromatic N) is 4. The first-order valence-corrected chi connectivity index (χ1v) is 10.3. The molecule has 11 heteroatoms. The normalized spacial score (nSPS) is 25.8. The van der Waals surface area contributed by atoms with Gasteiger partial charge in [-0.3, -0.25) is 4.79 Å². The zero-order chi connectivity index (χ0) is 21.6. The van der Waals surface area contributed by atoms with Crippen LogP contribution in [0.2, 0.25) is 4.34 Å². The number of amides is 1. The number of hydrogen-bond donors (Lipinski definition) is 4. The molecule has 0 radical (unpaired) electrons. The van der Waals surface area contributed by atoms with Crippen LogP contribution in [0.4, 0.5) is 5.82 Å². The van der Waals surface area contributed by atoms with E-state index in [9.17, 15) is 15.0 Å². The van der Waals surface area contributed by atoms with Crippen LogP contribution in [0.3, 0.4) is 0 Å². The van der Waals surface area contributed by atoms with Crippen LogP contribution < -0.4 is 11.1 Å². The Hall–Kier alpha value is -2.71. The number of rotatable bonds is 2. The van der Waals surface area contributed by atoms with Crippen molar-refractivity contribution in [2.45, 2.75) is 31.6 Å². The third-order valence-corrected chi connectivity index (χ3v) is 6.57. The zero-order valence-corrected chi connectivity index (χ0v) is 17.7. The van der Waals surface area contributed by atoms with E-state index < -0.39 is 23.7 Å². The van der Waals surface area contributed by atoms with Crippen LogP contribution in [-0.4, -0.2) is 54.9 Å². The molecule has 5 N–H and O–H groups in total. The second-order valence-corrected chi connectivity index (χ2v) is 9.03. The maximum atomic E-state index is 12.3. The molecule has 30 heavy (non-hydrogen) atoms. The van der Waals surface area contributed by atoms with Gasteiger partial charge in [0.1, 0.15) is 11.6 Å². The fourth-order valence-electron chi connectivity index (χ4n) is 3.77. The Bertz CT molecular complexity index is 1200. The summed E-state index contributed by atoms with van der Waals surface area (Å²) in [6.45, 7) is 1.62. The van der Waals surface area contributed by atoms with E-state index in [1.54, 1.807) is 23.6 Å². The minimum Gasteiger partial charge on any atom is -0.389 e. The van der Waals surface area contributed by atoms with E-state index in [1.165, 1.54) is 24.7 Å². The summed E-state index contributed by atoms with van der Waals surface area (Å²) in [6, 6.07) is 2.92. The third kappa shape index (κ3) is 3.30. The molecule has 156 valence electrons. The van der Waals surface area contributed by atoms with Crippen LogP contribution in [0.1, 0.15) is 30.1 Å². The largest absolute Gasteiger partial charge is 0.389 e. The number of aliphatic hydroxyl groups is 2. The molecule has 3 aromatic heterocycles. The Labute approximate surface area is 180 Å². The molecule has 0 aromatic carbocycles. The number of hydrogen-bond acceptors (Lipinski definition) is 8. The minimum absolute atomic E-state index is 0.148. The van der Waals surface area contributed by atoms with Gasteiger partial charge in [0, 0.05) is 7.05 Å². The molecule has 0 aliphatic heterocycles. The highest BCUT2D eigenvalue weighted by Gasteiger charge is 2.54. The lowest BCUT2D eigenvalue weighted by Crippen LogP contribution is -2.45. The molecule has 3 heterocycles. The van der Waals surface area contributed by atoms with Crippen LogP contribution >= 0.6 is 22.9 Å². The summed E-state index contributed by atoms with van der Waals surface area (Å²) < 4.78 is 2.24. The van der Waals surface area contributed by atoms with Gasteiger partial charge in [-0.15, -0.1) is 11.3 Å². The number of nitrogens with one attached hydrogen (secondary N) is 1. The van der Waals surface area contributed by atoms with Crippen molar-refractivity contribution in [1.82, 2.24) is 24.8 Å². The number of anilines is 1. The lowest BCUT2D eigenvalue weighted by molar-refractivity contribution is -0.136. The molecular formula is C19H19ClN6O3S. The van der Waals surface area contributed by atoms with Crippen LogP contribution in [0, 0.1) is 17.3 Å². The second kappa shape index (κ2) is 7.52. The SMILES string of the molecule is CNC(=O)C1(C)C[C@@H](n2cnc3c(N)nc(C#Cc4ccc(Cl)s4)nc32)[C@H](O)[C@@H]1O. The molecule has 1 amide bonds. The molecule has 0 saturated heterocycles. The molecule has 9 nitrogen and oxygen atoms in total. The van der Waals surface area contributed by atoms with Crippen LogP contribution in [-0.2, 0) is 4.79 Å². The molecule has 4 rings (SSSR count). The summed E-state index contributed by atoms with van der Waals surface area (Å²) >= 11 is 7.25. The highest BCUT2D eigenvalue weighted by Crippen LogP contribution is 2.45. The molecule has 0 bridgehead atoms. The first-order chi connectivity index (χ1) is 14.2. The lowest BCUT2D eigenvalue weighted by Gasteiger charge is -2.26. The number of nitrogens with two attached hydrogens (primary N) is 1. The van der Waals surface area contributed by atoms with E-state index >= 15 is 0 Å². The summed E-state index contributed by atoms with van der Waals surface area (Å²) in [7, 11) is 1.49. The number of fused-ring (bicyclic) bond motifs is 1. The van der Waals surface area contributed by atoms with Gasteiger partial charge in [-0.25, -0.2) is 15.0 Å². The molecule has 1 fully saturated rings. The topological polar surface area (TPSA) is 139 Å². The Balaban J connectivity index is 1.75. The number of nitrogen functional groups attached to an aromatic ring is 1. The van der Waals surface area contributed by atoms with Crippen molar-refractivity contribution < 1.29 is 15.0 Å². The summed E-state index contributed by atoms with van der Waals surface area (Å²) in [4.78, 5) is 26.0. The van der Waals surface area contributed by atoms with Crippen molar-refractivity contribution >= 4 is 45.8 Å². The fraction of sp³-hybridized carbons (Fsp3) is 0.368. The molecule has 0 spiro atoms. The third-order valence-electron chi connectivity index (χ3n) is 5.43. The van der Waals surface area contributed by atoms with Gasteiger partial charge >= 0.3 is 0 Å². The van der Waals surface area contributed by atoms with Gasteiger partial charge in [0.2, 0.25) is 11.7 Å². The summed E-state index contributed by atoms with van der Waals surface area (Å²) in [5, 5.41) is 23.8. The predicted octanol–water partition coefficient (Wildman–Crippen LogP) is 0.942. The maximum Gasteiger partial charge on any atom is 0.228 e. The van der Waals surface area contributed by atoms with Gasteiger partial charge in [-0.1, -0.05) is 11.6 Å². The zero-order valence-electron chi connectivity index (χ0n) is 16.1. The number of carbonyl (C=O) groups excluding carboxylic acids is 1. The van der Waals surface area contributed by atoms with Crippen LogP contribution in [0.15, 0.2) is 18.5 Å². The summed E-state index contributed by atoms with van der Waals surface area (Å²) in [5.41, 5.74) is 5.61. The van der Waals surface area contributed by atoms with Crippen molar-refractivity contribution in [1.29, 1.82) is 0 Å². The van der Waals surface area contributed by atoms with Gasteiger partial charge in [-0.05, 0) is 37.3 Å². The standard InChI is InChI=1S/C19H19ClN6O3S/c1-19(18(29)22-2)7-10(14(27)15(19)28)26-8-23-13-16(21)24-12(25-17(13)26)6-4-9-3-5-11(20)30-9/h3,5,8,10,14-15,27-28H,7H2,1-2H3,(H,22,29)(H2,21,24,25)/t10-,14+,15+,19?/m1/s1. The monoisotopic (exact) mass is 446 g/mol. The Kier molecular flexibility index (Phi) is 5.15. The fourth-order valence-corrected chi connectivity index (χ4v) is 4.67. The Morgan fingerprint density at radius 2 is 2.17 bits per heavy atom. The highest BCUT2D eigenvalue weighted by atomic mass is 35.5. The van der Waals surface area contributed by atoms with Crippen LogP contribution in [0.25, 0.3) is 11.2 Å². The van der Waals surface area contributed by atoms with E-state index in [0.717, 1.165) is 4.88 Å². The molecule has 4 atom stereocenters. The van der Waals surface area contributed by atoms with E-state index in [0.29, 0.717) is 15.5 Å². The molecule has 1 aliphatic carbocycles. The number of carbonyl (C=O) groups is 1. The van der Waals surface area contributed by atoms with Crippen molar-refractivity contribution in [3.63, 3.8) is 0 Å². The maximum absolute atomic E-state index is 12.3. The average Bonchev–Trinajstić information content (AvgIpc) is 3.39. The van der Waals surface area contributed by atoms with Gasteiger partial charge in [-0.2, -0.15) is 0 Å². The van der Waals surface area contributed by atoms with E-state index in [-0.39, 0.29) is 24.0 Å². The van der Waals surface area contributed by atoms with Gasteiger partial charge < -0.3 is 25.8 Å². The quantitative estimate of drug-likeness (QED) is 0.429.